The van der Waals surface area contributed by atoms with Crippen molar-refractivity contribution in [2.24, 2.45) is 0 Å². The van der Waals surface area contributed by atoms with E-state index in [1.807, 2.05) is 30.3 Å². The van der Waals surface area contributed by atoms with E-state index in [4.69, 9.17) is 14.2 Å². The number of benzene rings is 1. The molecule has 2 fully saturated rings. The van der Waals surface area contributed by atoms with Gasteiger partial charge in [-0.1, -0.05) is 30.3 Å². The van der Waals surface area contributed by atoms with Crippen molar-refractivity contribution in [1.82, 2.24) is 5.32 Å². The van der Waals surface area contributed by atoms with Gasteiger partial charge in [0, 0.05) is 12.8 Å². The molecule has 1 amide bonds. The van der Waals surface area contributed by atoms with E-state index in [1.54, 1.807) is 0 Å². The van der Waals surface area contributed by atoms with Gasteiger partial charge in [0.25, 0.3) is 0 Å². The summed E-state index contributed by atoms with van der Waals surface area (Å²) in [6, 6.07) is 9.04. The van der Waals surface area contributed by atoms with Crippen LogP contribution in [0.5, 0.6) is 0 Å². The number of aliphatic hydroxyl groups excluding tert-OH is 1. The Bertz CT molecular complexity index is 501. The second-order valence-corrected chi connectivity index (χ2v) is 5.73. The van der Waals surface area contributed by atoms with Crippen molar-refractivity contribution < 1.29 is 24.1 Å². The van der Waals surface area contributed by atoms with Gasteiger partial charge in [-0.3, -0.25) is 0 Å². The van der Waals surface area contributed by atoms with E-state index >= 15 is 0 Å². The quantitative estimate of drug-likeness (QED) is 0.886. The first-order chi connectivity index (χ1) is 10.7. The standard InChI is InChI=1S/C16H21NO5/c18-14-6-7-16(21-8-9-22-16)10-13(14)17-15(19)20-11-12-4-2-1-3-5-12/h1-5,13-14,18H,6-11H2,(H,17,19)/t13-,14-/m1/s1. The van der Waals surface area contributed by atoms with Crippen LogP contribution in [0.15, 0.2) is 30.3 Å². The summed E-state index contributed by atoms with van der Waals surface area (Å²) >= 11 is 0. The number of ether oxygens (including phenoxy) is 3. The lowest BCUT2D eigenvalue weighted by atomic mass is 9.87. The van der Waals surface area contributed by atoms with E-state index in [-0.39, 0.29) is 6.61 Å². The summed E-state index contributed by atoms with van der Waals surface area (Å²) in [6.07, 6.45) is 0.467. The maximum absolute atomic E-state index is 11.9. The molecular weight excluding hydrogens is 286 g/mol. The lowest BCUT2D eigenvalue weighted by molar-refractivity contribution is -0.194. The van der Waals surface area contributed by atoms with E-state index in [1.165, 1.54) is 0 Å². The summed E-state index contributed by atoms with van der Waals surface area (Å²) in [5, 5.41) is 12.8. The molecule has 1 heterocycles. The van der Waals surface area contributed by atoms with E-state index in [2.05, 4.69) is 5.32 Å². The molecule has 22 heavy (non-hydrogen) atoms. The highest BCUT2D eigenvalue weighted by molar-refractivity contribution is 5.67. The van der Waals surface area contributed by atoms with E-state index < -0.39 is 24.0 Å². The Balaban J connectivity index is 1.51. The summed E-state index contributed by atoms with van der Waals surface area (Å²) in [5.74, 6) is -0.656. The summed E-state index contributed by atoms with van der Waals surface area (Å²) in [5.41, 5.74) is 0.917. The number of carbonyl (C=O) groups is 1. The topological polar surface area (TPSA) is 77.0 Å². The van der Waals surface area contributed by atoms with E-state index in [9.17, 15) is 9.90 Å². The maximum Gasteiger partial charge on any atom is 0.407 e. The number of hydrogen-bond donors (Lipinski definition) is 2. The van der Waals surface area contributed by atoms with Crippen LogP contribution in [0.3, 0.4) is 0 Å². The highest BCUT2D eigenvalue weighted by Crippen LogP contribution is 2.35. The van der Waals surface area contributed by atoms with Crippen LogP contribution in [0.4, 0.5) is 4.79 Å². The highest BCUT2D eigenvalue weighted by atomic mass is 16.7. The largest absolute Gasteiger partial charge is 0.445 e. The number of rotatable bonds is 3. The van der Waals surface area contributed by atoms with Gasteiger partial charge in [-0.2, -0.15) is 0 Å². The monoisotopic (exact) mass is 307 g/mol. The van der Waals surface area contributed by atoms with Crippen LogP contribution in [-0.2, 0) is 20.8 Å². The molecule has 1 spiro atoms. The molecule has 1 saturated carbocycles. The molecule has 1 aliphatic heterocycles. The van der Waals surface area contributed by atoms with Crippen molar-refractivity contribution >= 4 is 6.09 Å². The van der Waals surface area contributed by atoms with Gasteiger partial charge in [-0.25, -0.2) is 4.79 Å². The van der Waals surface area contributed by atoms with Crippen LogP contribution in [0.2, 0.25) is 0 Å². The first-order valence-electron chi connectivity index (χ1n) is 7.60. The fourth-order valence-corrected chi connectivity index (χ4v) is 2.96. The zero-order valence-corrected chi connectivity index (χ0v) is 12.4. The van der Waals surface area contributed by atoms with Gasteiger partial charge in [0.05, 0.1) is 25.4 Å². The number of nitrogens with one attached hydrogen (secondary N) is 1. The molecular formula is C16H21NO5. The molecule has 120 valence electrons. The molecule has 0 unspecified atom stereocenters. The minimum atomic E-state index is -0.656. The minimum Gasteiger partial charge on any atom is -0.445 e. The summed E-state index contributed by atoms with van der Waals surface area (Å²) < 4.78 is 16.5. The first kappa shape index (κ1) is 15.3. The second kappa shape index (κ2) is 6.64. The van der Waals surface area contributed by atoms with Crippen molar-refractivity contribution in [3.05, 3.63) is 35.9 Å². The van der Waals surface area contributed by atoms with E-state index in [0.717, 1.165) is 5.56 Å². The molecule has 0 aromatic heterocycles. The Morgan fingerprint density at radius 1 is 1.32 bits per heavy atom. The Kier molecular flexibility index (Phi) is 4.61. The summed E-state index contributed by atoms with van der Waals surface area (Å²) in [7, 11) is 0. The number of hydrogen-bond acceptors (Lipinski definition) is 5. The van der Waals surface area contributed by atoms with Crippen LogP contribution < -0.4 is 5.32 Å². The molecule has 1 aromatic carbocycles. The van der Waals surface area contributed by atoms with Crippen LogP contribution in [0.1, 0.15) is 24.8 Å². The SMILES string of the molecule is O=C(N[C@@H]1CC2(CC[C@H]1O)OCCO2)OCc1ccccc1. The number of alkyl carbamates (subject to hydrolysis) is 1. The Morgan fingerprint density at radius 2 is 2.05 bits per heavy atom. The summed E-state index contributed by atoms with van der Waals surface area (Å²) in [4.78, 5) is 11.9. The third kappa shape index (κ3) is 3.58. The molecule has 6 heteroatoms. The van der Waals surface area contributed by atoms with Crippen molar-refractivity contribution in [1.29, 1.82) is 0 Å². The predicted octanol–water partition coefficient (Wildman–Crippen LogP) is 1.57. The minimum absolute atomic E-state index is 0.202. The predicted molar refractivity (Wildman–Crippen MR) is 78.0 cm³/mol. The van der Waals surface area contributed by atoms with Crippen molar-refractivity contribution in [2.75, 3.05) is 13.2 Å². The Hall–Kier alpha value is -1.63. The molecule has 3 rings (SSSR count). The van der Waals surface area contributed by atoms with Crippen molar-refractivity contribution in [3.63, 3.8) is 0 Å². The number of carbonyl (C=O) groups excluding carboxylic acids is 1. The van der Waals surface area contributed by atoms with Crippen LogP contribution in [-0.4, -0.2) is 42.3 Å². The van der Waals surface area contributed by atoms with Crippen molar-refractivity contribution in [2.45, 2.75) is 43.8 Å². The van der Waals surface area contributed by atoms with Gasteiger partial charge in [0.15, 0.2) is 5.79 Å². The molecule has 1 saturated heterocycles. The smallest absolute Gasteiger partial charge is 0.407 e. The average Bonchev–Trinajstić information content (AvgIpc) is 2.98. The lowest BCUT2D eigenvalue weighted by Crippen LogP contribution is -2.53. The zero-order valence-electron chi connectivity index (χ0n) is 12.4. The molecule has 6 nitrogen and oxygen atoms in total. The average molecular weight is 307 g/mol. The third-order valence-corrected chi connectivity index (χ3v) is 4.15. The maximum atomic E-state index is 11.9. The van der Waals surface area contributed by atoms with Crippen LogP contribution in [0, 0.1) is 0 Å². The van der Waals surface area contributed by atoms with Gasteiger partial charge in [-0.05, 0) is 12.0 Å². The van der Waals surface area contributed by atoms with Gasteiger partial charge >= 0.3 is 6.09 Å². The fraction of sp³-hybridized carbons (Fsp3) is 0.562. The van der Waals surface area contributed by atoms with Crippen LogP contribution >= 0.6 is 0 Å². The normalized spacial score (nSPS) is 26.8. The highest BCUT2D eigenvalue weighted by Gasteiger charge is 2.45. The van der Waals surface area contributed by atoms with Gasteiger partial charge < -0.3 is 24.6 Å². The fourth-order valence-electron chi connectivity index (χ4n) is 2.96. The van der Waals surface area contributed by atoms with Gasteiger partial charge in [0.1, 0.15) is 6.61 Å². The molecule has 2 aliphatic rings. The van der Waals surface area contributed by atoms with Crippen LogP contribution in [0.25, 0.3) is 0 Å². The first-order valence-corrected chi connectivity index (χ1v) is 7.60. The molecule has 0 radical (unpaired) electrons. The molecule has 0 bridgehead atoms. The van der Waals surface area contributed by atoms with Crippen molar-refractivity contribution in [3.8, 4) is 0 Å². The molecule has 2 N–H and O–H groups in total. The Morgan fingerprint density at radius 3 is 2.77 bits per heavy atom. The summed E-state index contributed by atoms with van der Waals surface area (Å²) in [6.45, 7) is 1.32. The van der Waals surface area contributed by atoms with Gasteiger partial charge in [0.2, 0.25) is 0 Å². The number of aliphatic hydroxyl groups is 1. The lowest BCUT2D eigenvalue weighted by Gasteiger charge is -2.39. The zero-order chi connectivity index (χ0) is 15.4. The Labute approximate surface area is 129 Å². The van der Waals surface area contributed by atoms with E-state index in [0.29, 0.717) is 32.5 Å². The number of amides is 1. The van der Waals surface area contributed by atoms with Gasteiger partial charge in [-0.15, -0.1) is 0 Å². The molecule has 2 atom stereocenters. The second-order valence-electron chi connectivity index (χ2n) is 5.73. The third-order valence-electron chi connectivity index (χ3n) is 4.15. The molecule has 1 aliphatic carbocycles. The molecule has 1 aromatic rings.